The van der Waals surface area contributed by atoms with E-state index >= 15 is 0 Å². The summed E-state index contributed by atoms with van der Waals surface area (Å²) in [6.07, 6.45) is -3.16. The van der Waals surface area contributed by atoms with Gasteiger partial charge in [0, 0.05) is 6.42 Å². The van der Waals surface area contributed by atoms with Gasteiger partial charge in [-0.2, -0.15) is 0 Å². The van der Waals surface area contributed by atoms with Crippen molar-refractivity contribution in [2.24, 2.45) is 0 Å². The minimum absolute atomic E-state index is 0.252. The average Bonchev–Trinajstić information content (AvgIpc) is 2.46. The van der Waals surface area contributed by atoms with Crippen LogP contribution in [0.5, 0.6) is 0 Å². The molecule has 1 aliphatic rings. The second-order valence-corrected chi connectivity index (χ2v) is 5.42. The zero-order chi connectivity index (χ0) is 16.0. The quantitative estimate of drug-likeness (QED) is 0.475. The van der Waals surface area contributed by atoms with Gasteiger partial charge in [0.1, 0.15) is 18.3 Å². The topological polar surface area (TPSA) is 116 Å². The second-order valence-electron chi connectivity index (χ2n) is 5.42. The predicted octanol–water partition coefficient (Wildman–Crippen LogP) is 0.256. The minimum atomic E-state index is -1.69. The first kappa shape index (κ1) is 18.3. The lowest BCUT2D eigenvalue weighted by Gasteiger charge is -2.47. The predicted molar refractivity (Wildman–Crippen MR) is 73.6 cm³/mol. The first-order valence-corrected chi connectivity index (χ1v) is 7.48. The lowest BCUT2D eigenvalue weighted by atomic mass is 9.89. The molecule has 21 heavy (non-hydrogen) atoms. The van der Waals surface area contributed by atoms with Crippen LogP contribution in [-0.4, -0.2) is 63.2 Å². The Morgan fingerprint density at radius 2 is 1.76 bits per heavy atom. The number of aliphatic hydroxyl groups is 3. The molecule has 7 heteroatoms. The van der Waals surface area contributed by atoms with E-state index < -0.39 is 36.2 Å². The Labute approximate surface area is 124 Å². The largest absolute Gasteiger partial charge is 0.479 e. The standard InChI is InChI=1S/C14H26O7/c1-3-5-7-14(20-8-6-4-2)12(17)10(16)9(15)11(21-14)13(18)19/h9-12,15-17H,3-8H2,1-2H3,(H,18,19)/t9-,10+,11+,12-,14?/m1/s1. The number of hydrogen-bond acceptors (Lipinski definition) is 6. The number of aliphatic hydroxyl groups excluding tert-OH is 3. The molecule has 1 saturated heterocycles. The van der Waals surface area contributed by atoms with Crippen LogP contribution in [0.25, 0.3) is 0 Å². The molecule has 0 bridgehead atoms. The summed E-state index contributed by atoms with van der Waals surface area (Å²) in [5.74, 6) is -2.99. The van der Waals surface area contributed by atoms with Crippen molar-refractivity contribution in [3.8, 4) is 0 Å². The summed E-state index contributed by atoms with van der Waals surface area (Å²) in [5, 5.41) is 39.0. The molecule has 1 fully saturated rings. The molecule has 0 radical (unpaired) electrons. The van der Waals surface area contributed by atoms with Gasteiger partial charge in [0.15, 0.2) is 11.9 Å². The van der Waals surface area contributed by atoms with Gasteiger partial charge in [-0.05, 0) is 12.8 Å². The molecule has 4 N–H and O–H groups in total. The molecule has 0 amide bonds. The second kappa shape index (κ2) is 8.05. The van der Waals surface area contributed by atoms with Crippen LogP contribution in [0, 0.1) is 0 Å². The van der Waals surface area contributed by atoms with Crippen molar-refractivity contribution >= 4 is 5.97 Å². The van der Waals surface area contributed by atoms with Crippen molar-refractivity contribution in [3.05, 3.63) is 0 Å². The maximum atomic E-state index is 11.2. The van der Waals surface area contributed by atoms with E-state index in [1.54, 1.807) is 0 Å². The van der Waals surface area contributed by atoms with Crippen LogP contribution in [-0.2, 0) is 14.3 Å². The van der Waals surface area contributed by atoms with E-state index in [9.17, 15) is 20.1 Å². The molecular formula is C14H26O7. The molecule has 0 aliphatic carbocycles. The summed E-state index contributed by atoms with van der Waals surface area (Å²) in [4.78, 5) is 11.2. The Hall–Kier alpha value is -0.730. The number of carboxylic acids is 1. The summed E-state index contributed by atoms with van der Waals surface area (Å²) in [7, 11) is 0. The number of hydrogen-bond donors (Lipinski definition) is 4. The summed E-state index contributed by atoms with van der Waals surface area (Å²) in [6, 6.07) is 0. The van der Waals surface area contributed by atoms with Gasteiger partial charge >= 0.3 is 5.97 Å². The lowest BCUT2D eigenvalue weighted by molar-refractivity contribution is -0.359. The van der Waals surface area contributed by atoms with Crippen molar-refractivity contribution in [3.63, 3.8) is 0 Å². The van der Waals surface area contributed by atoms with E-state index in [2.05, 4.69) is 0 Å². The van der Waals surface area contributed by atoms with Crippen molar-refractivity contribution < 1.29 is 34.7 Å². The highest BCUT2D eigenvalue weighted by Crippen LogP contribution is 2.35. The van der Waals surface area contributed by atoms with Gasteiger partial charge in [-0.3, -0.25) is 0 Å². The van der Waals surface area contributed by atoms with Crippen LogP contribution in [0.1, 0.15) is 46.0 Å². The fourth-order valence-corrected chi connectivity index (χ4v) is 2.39. The fourth-order valence-electron chi connectivity index (χ4n) is 2.39. The molecule has 1 unspecified atom stereocenters. The summed E-state index contributed by atoms with van der Waals surface area (Å²) >= 11 is 0. The van der Waals surface area contributed by atoms with Gasteiger partial charge in [-0.1, -0.05) is 26.7 Å². The normalized spacial score (nSPS) is 36.6. The van der Waals surface area contributed by atoms with E-state index in [1.165, 1.54) is 0 Å². The Balaban J connectivity index is 2.97. The van der Waals surface area contributed by atoms with Crippen molar-refractivity contribution in [2.75, 3.05) is 6.61 Å². The molecule has 0 saturated carbocycles. The van der Waals surface area contributed by atoms with Gasteiger partial charge in [0.25, 0.3) is 0 Å². The third-order valence-corrected chi connectivity index (χ3v) is 3.73. The highest BCUT2D eigenvalue weighted by Gasteiger charge is 2.56. The van der Waals surface area contributed by atoms with Crippen LogP contribution in [0.2, 0.25) is 0 Å². The maximum absolute atomic E-state index is 11.2. The SMILES string of the molecule is CCCCOC1(CCCC)O[C@H](C(=O)O)[C@H](O)[C@H](O)[C@H]1O. The Morgan fingerprint density at radius 1 is 1.14 bits per heavy atom. The highest BCUT2D eigenvalue weighted by molar-refractivity contribution is 5.73. The van der Waals surface area contributed by atoms with Crippen LogP contribution in [0.4, 0.5) is 0 Å². The van der Waals surface area contributed by atoms with Crippen LogP contribution in [0.3, 0.4) is 0 Å². The lowest BCUT2D eigenvalue weighted by Crippen LogP contribution is -2.67. The Morgan fingerprint density at radius 3 is 2.29 bits per heavy atom. The Kier molecular flexibility index (Phi) is 7.02. The third kappa shape index (κ3) is 4.14. The first-order valence-electron chi connectivity index (χ1n) is 7.48. The number of unbranched alkanes of at least 4 members (excludes halogenated alkanes) is 2. The molecule has 1 heterocycles. The van der Waals surface area contributed by atoms with E-state index in [0.29, 0.717) is 6.42 Å². The van der Waals surface area contributed by atoms with Crippen LogP contribution < -0.4 is 0 Å². The monoisotopic (exact) mass is 306 g/mol. The van der Waals surface area contributed by atoms with E-state index in [4.69, 9.17) is 14.6 Å². The van der Waals surface area contributed by atoms with Crippen molar-refractivity contribution in [1.29, 1.82) is 0 Å². The van der Waals surface area contributed by atoms with Gasteiger partial charge in [-0.15, -0.1) is 0 Å². The van der Waals surface area contributed by atoms with Crippen molar-refractivity contribution in [2.45, 2.75) is 76.2 Å². The highest BCUT2D eigenvalue weighted by atomic mass is 16.7. The molecule has 5 atom stereocenters. The molecule has 1 aliphatic heterocycles. The van der Waals surface area contributed by atoms with Crippen LogP contribution in [0.15, 0.2) is 0 Å². The molecule has 0 aromatic rings. The first-order chi connectivity index (χ1) is 9.89. The van der Waals surface area contributed by atoms with Crippen LogP contribution >= 0.6 is 0 Å². The Bertz CT molecular complexity index is 335. The van der Waals surface area contributed by atoms with E-state index in [1.807, 2.05) is 13.8 Å². The number of ether oxygens (including phenoxy) is 2. The van der Waals surface area contributed by atoms with Gasteiger partial charge in [0.05, 0.1) is 6.61 Å². The third-order valence-electron chi connectivity index (χ3n) is 3.73. The molecule has 124 valence electrons. The maximum Gasteiger partial charge on any atom is 0.335 e. The smallest absolute Gasteiger partial charge is 0.335 e. The zero-order valence-electron chi connectivity index (χ0n) is 12.6. The average molecular weight is 306 g/mol. The zero-order valence-corrected chi connectivity index (χ0v) is 12.6. The van der Waals surface area contributed by atoms with Gasteiger partial charge in [0.2, 0.25) is 0 Å². The molecule has 0 spiro atoms. The molecule has 1 rings (SSSR count). The molecule has 0 aromatic carbocycles. The fraction of sp³-hybridized carbons (Fsp3) is 0.929. The summed E-state index contributed by atoms with van der Waals surface area (Å²) < 4.78 is 11.0. The van der Waals surface area contributed by atoms with Crippen molar-refractivity contribution in [1.82, 2.24) is 0 Å². The number of carbonyl (C=O) groups is 1. The molecule has 0 aromatic heterocycles. The summed E-state index contributed by atoms with van der Waals surface area (Å²) in [5.41, 5.74) is 0. The minimum Gasteiger partial charge on any atom is -0.479 e. The number of rotatable bonds is 8. The molecular weight excluding hydrogens is 280 g/mol. The molecule has 7 nitrogen and oxygen atoms in total. The van der Waals surface area contributed by atoms with Gasteiger partial charge < -0.3 is 29.9 Å². The summed E-state index contributed by atoms with van der Waals surface area (Å²) in [6.45, 7) is 4.19. The van der Waals surface area contributed by atoms with Gasteiger partial charge in [-0.25, -0.2) is 4.79 Å². The number of carboxylic acid groups (broad SMARTS) is 1. The number of aliphatic carboxylic acids is 1. The van der Waals surface area contributed by atoms with E-state index in [0.717, 1.165) is 19.3 Å². The van der Waals surface area contributed by atoms with E-state index in [-0.39, 0.29) is 13.0 Å².